The molecule has 1 heterocycles. The summed E-state index contributed by atoms with van der Waals surface area (Å²) in [6.07, 6.45) is 1.59. The number of carbonyl (C=O) groups excluding carboxylic acids is 1. The number of hydrogen-bond donors (Lipinski definition) is 2. The van der Waals surface area contributed by atoms with Gasteiger partial charge in [-0.25, -0.2) is 0 Å². The molecule has 0 spiro atoms. The van der Waals surface area contributed by atoms with Gasteiger partial charge in [-0.05, 0) is 13.8 Å². The molecule has 2 N–H and O–H groups in total. The van der Waals surface area contributed by atoms with Crippen molar-refractivity contribution in [3.63, 3.8) is 0 Å². The second-order valence-corrected chi connectivity index (χ2v) is 3.74. The van der Waals surface area contributed by atoms with Crippen molar-refractivity contribution in [2.75, 3.05) is 0 Å². The summed E-state index contributed by atoms with van der Waals surface area (Å²) in [4.78, 5) is 21.6. The zero-order valence-corrected chi connectivity index (χ0v) is 10.1. The molecular weight excluding hydrogens is 222 g/mol. The number of aromatic nitrogens is 2. The number of amides is 1. The summed E-state index contributed by atoms with van der Waals surface area (Å²) in [5.41, 5.74) is 1.97. The molecule has 6 nitrogen and oxygen atoms in total. The Labute approximate surface area is 99.6 Å². The Kier molecular flexibility index (Phi) is 4.68. The molecule has 0 saturated heterocycles. The average Bonchev–Trinajstić information content (AvgIpc) is 2.64. The van der Waals surface area contributed by atoms with Gasteiger partial charge in [-0.15, -0.1) is 0 Å². The van der Waals surface area contributed by atoms with Crippen molar-refractivity contribution in [1.82, 2.24) is 15.1 Å². The first-order valence-corrected chi connectivity index (χ1v) is 5.54. The SMILES string of the molecule is CCn1ncc(CNC(=O)CCC(=O)O)c1C. The maximum atomic E-state index is 11.3. The first-order valence-electron chi connectivity index (χ1n) is 5.54. The van der Waals surface area contributed by atoms with Gasteiger partial charge in [-0.3, -0.25) is 14.3 Å². The number of nitrogens with one attached hydrogen (secondary N) is 1. The molecule has 1 rings (SSSR count). The number of rotatable bonds is 6. The number of carboxylic acids is 1. The molecule has 1 aromatic rings. The highest BCUT2D eigenvalue weighted by Crippen LogP contribution is 2.06. The van der Waals surface area contributed by atoms with Gasteiger partial charge in [0.05, 0.1) is 12.6 Å². The fourth-order valence-electron chi connectivity index (χ4n) is 1.48. The van der Waals surface area contributed by atoms with Gasteiger partial charge in [-0.2, -0.15) is 5.10 Å². The third kappa shape index (κ3) is 3.90. The molecule has 0 aliphatic rings. The van der Waals surface area contributed by atoms with Crippen molar-refractivity contribution in [2.45, 2.75) is 39.8 Å². The summed E-state index contributed by atoms with van der Waals surface area (Å²) in [6, 6.07) is 0. The average molecular weight is 239 g/mol. The van der Waals surface area contributed by atoms with Crippen LogP contribution in [0.25, 0.3) is 0 Å². The molecule has 0 aromatic carbocycles. The summed E-state index contributed by atoms with van der Waals surface area (Å²) in [6.45, 7) is 5.12. The van der Waals surface area contributed by atoms with E-state index in [0.29, 0.717) is 6.54 Å². The first-order chi connectivity index (χ1) is 8.04. The molecule has 0 bridgehead atoms. The molecule has 0 aliphatic heterocycles. The number of aryl methyl sites for hydroxylation is 1. The quantitative estimate of drug-likeness (QED) is 0.765. The topological polar surface area (TPSA) is 84.2 Å². The van der Waals surface area contributed by atoms with Crippen LogP contribution in [0.4, 0.5) is 0 Å². The van der Waals surface area contributed by atoms with Gasteiger partial charge in [0.1, 0.15) is 0 Å². The second kappa shape index (κ2) is 6.03. The Hall–Kier alpha value is -1.85. The number of carboxylic acid groups (broad SMARTS) is 1. The van der Waals surface area contributed by atoms with E-state index in [9.17, 15) is 9.59 Å². The molecule has 0 aliphatic carbocycles. The summed E-state index contributed by atoms with van der Waals surface area (Å²) in [5, 5.41) is 15.3. The molecular formula is C11H17N3O3. The Morgan fingerprint density at radius 2 is 2.18 bits per heavy atom. The van der Waals surface area contributed by atoms with Gasteiger partial charge in [0.25, 0.3) is 0 Å². The van der Waals surface area contributed by atoms with Crippen LogP contribution < -0.4 is 5.32 Å². The van der Waals surface area contributed by atoms with Crippen LogP contribution in [0.3, 0.4) is 0 Å². The van der Waals surface area contributed by atoms with Gasteiger partial charge in [0.15, 0.2) is 0 Å². The molecule has 0 radical (unpaired) electrons. The lowest BCUT2D eigenvalue weighted by Gasteiger charge is -2.04. The lowest BCUT2D eigenvalue weighted by molar-refractivity contribution is -0.138. The van der Waals surface area contributed by atoms with Crippen LogP contribution in [0.2, 0.25) is 0 Å². The van der Waals surface area contributed by atoms with Crippen LogP contribution in [0.15, 0.2) is 6.20 Å². The van der Waals surface area contributed by atoms with E-state index in [4.69, 9.17) is 5.11 Å². The van der Waals surface area contributed by atoms with Crippen LogP contribution in [0.5, 0.6) is 0 Å². The Morgan fingerprint density at radius 1 is 1.47 bits per heavy atom. The van der Waals surface area contributed by atoms with Crippen molar-refractivity contribution < 1.29 is 14.7 Å². The number of hydrogen-bond acceptors (Lipinski definition) is 3. The molecule has 0 saturated carbocycles. The molecule has 0 atom stereocenters. The molecule has 0 unspecified atom stereocenters. The minimum absolute atomic E-state index is 0.0102. The minimum Gasteiger partial charge on any atom is -0.481 e. The Balaban J connectivity index is 2.42. The van der Waals surface area contributed by atoms with Gasteiger partial charge in [0.2, 0.25) is 5.91 Å². The highest BCUT2D eigenvalue weighted by atomic mass is 16.4. The number of nitrogens with zero attached hydrogens (tertiary/aromatic N) is 2. The Morgan fingerprint density at radius 3 is 2.71 bits per heavy atom. The van der Waals surface area contributed by atoms with E-state index in [2.05, 4.69) is 10.4 Å². The third-order valence-electron chi connectivity index (χ3n) is 2.55. The van der Waals surface area contributed by atoms with Crippen molar-refractivity contribution in [1.29, 1.82) is 0 Å². The van der Waals surface area contributed by atoms with E-state index in [0.717, 1.165) is 17.8 Å². The maximum Gasteiger partial charge on any atom is 0.303 e. The summed E-state index contributed by atoms with van der Waals surface area (Å²) >= 11 is 0. The minimum atomic E-state index is -0.963. The number of aliphatic carboxylic acids is 1. The van der Waals surface area contributed by atoms with E-state index in [1.165, 1.54) is 0 Å². The zero-order chi connectivity index (χ0) is 12.8. The van der Waals surface area contributed by atoms with Crippen LogP contribution in [-0.2, 0) is 22.7 Å². The van der Waals surface area contributed by atoms with Gasteiger partial charge < -0.3 is 10.4 Å². The maximum absolute atomic E-state index is 11.3. The highest BCUT2D eigenvalue weighted by molar-refractivity contribution is 5.80. The van der Waals surface area contributed by atoms with E-state index >= 15 is 0 Å². The zero-order valence-electron chi connectivity index (χ0n) is 10.1. The molecule has 17 heavy (non-hydrogen) atoms. The van der Waals surface area contributed by atoms with Crippen molar-refractivity contribution in [3.05, 3.63) is 17.5 Å². The molecule has 94 valence electrons. The van der Waals surface area contributed by atoms with E-state index in [-0.39, 0.29) is 18.7 Å². The van der Waals surface area contributed by atoms with E-state index in [1.54, 1.807) is 6.20 Å². The van der Waals surface area contributed by atoms with E-state index < -0.39 is 5.97 Å². The highest BCUT2D eigenvalue weighted by Gasteiger charge is 2.08. The summed E-state index contributed by atoms with van der Waals surface area (Å²) in [5.74, 6) is -1.22. The first kappa shape index (κ1) is 13.2. The standard InChI is InChI=1S/C11H17N3O3/c1-3-14-8(2)9(7-13-14)6-12-10(15)4-5-11(16)17/h7H,3-6H2,1-2H3,(H,12,15)(H,16,17). The molecule has 6 heteroatoms. The van der Waals surface area contributed by atoms with Crippen LogP contribution in [-0.4, -0.2) is 26.8 Å². The summed E-state index contributed by atoms with van der Waals surface area (Å²) < 4.78 is 1.85. The Bertz CT molecular complexity index is 412. The van der Waals surface area contributed by atoms with Crippen LogP contribution in [0, 0.1) is 6.92 Å². The smallest absolute Gasteiger partial charge is 0.303 e. The van der Waals surface area contributed by atoms with E-state index in [1.807, 2.05) is 18.5 Å². The van der Waals surface area contributed by atoms with Crippen molar-refractivity contribution >= 4 is 11.9 Å². The predicted octanol–water partition coefficient (Wildman–Crippen LogP) is 0.692. The van der Waals surface area contributed by atoms with Gasteiger partial charge in [-0.1, -0.05) is 0 Å². The van der Waals surface area contributed by atoms with Crippen molar-refractivity contribution in [3.8, 4) is 0 Å². The molecule has 1 amide bonds. The second-order valence-electron chi connectivity index (χ2n) is 3.74. The van der Waals surface area contributed by atoms with Crippen molar-refractivity contribution in [2.24, 2.45) is 0 Å². The molecule has 0 fully saturated rings. The van der Waals surface area contributed by atoms with Crippen LogP contribution >= 0.6 is 0 Å². The molecule has 1 aromatic heterocycles. The van der Waals surface area contributed by atoms with Gasteiger partial charge >= 0.3 is 5.97 Å². The normalized spacial score (nSPS) is 10.2. The monoisotopic (exact) mass is 239 g/mol. The number of carbonyl (C=O) groups is 2. The fourth-order valence-corrected chi connectivity index (χ4v) is 1.48. The third-order valence-corrected chi connectivity index (χ3v) is 2.55. The summed E-state index contributed by atoms with van der Waals surface area (Å²) in [7, 11) is 0. The largest absolute Gasteiger partial charge is 0.481 e. The van der Waals surface area contributed by atoms with Gasteiger partial charge in [0, 0.05) is 30.8 Å². The van der Waals surface area contributed by atoms with Crippen LogP contribution in [0.1, 0.15) is 31.0 Å². The fraction of sp³-hybridized carbons (Fsp3) is 0.545. The lowest BCUT2D eigenvalue weighted by atomic mass is 10.2. The predicted molar refractivity (Wildman–Crippen MR) is 61.4 cm³/mol. The lowest BCUT2D eigenvalue weighted by Crippen LogP contribution is -2.23.